The van der Waals surface area contributed by atoms with Gasteiger partial charge in [0.2, 0.25) is 0 Å². The summed E-state index contributed by atoms with van der Waals surface area (Å²) >= 11 is 37.4. The summed E-state index contributed by atoms with van der Waals surface area (Å²) in [5, 5.41) is -1.74. The van der Waals surface area contributed by atoms with Gasteiger partial charge in [-0.1, -0.05) is 128 Å². The van der Waals surface area contributed by atoms with Gasteiger partial charge in [0.1, 0.15) is 24.3 Å². The van der Waals surface area contributed by atoms with Crippen LogP contribution >= 0.6 is 69.6 Å². The van der Waals surface area contributed by atoms with Gasteiger partial charge in [0.05, 0.1) is 30.1 Å². The Morgan fingerprint density at radius 3 is 1.10 bits per heavy atom. The Balaban J connectivity index is 1.58. The molecule has 8 nitrogen and oxygen atoms in total. The summed E-state index contributed by atoms with van der Waals surface area (Å²) in [4.78, 5) is 52.4. The number of esters is 4. The second-order valence-electron chi connectivity index (χ2n) is 10.6. The Morgan fingerprint density at radius 2 is 0.792 bits per heavy atom. The van der Waals surface area contributed by atoms with E-state index in [0.717, 1.165) is 34.4 Å². The van der Waals surface area contributed by atoms with E-state index in [0.29, 0.717) is 11.1 Å². The number of hydrogen-bond donors (Lipinski definition) is 0. The molecule has 0 unspecified atom stereocenters. The van der Waals surface area contributed by atoms with Crippen LogP contribution in [-0.2, 0) is 32.3 Å². The lowest BCUT2D eigenvalue weighted by molar-refractivity contribution is -0.156. The number of halogens is 6. The number of carbonyl (C=O) groups is 4. The van der Waals surface area contributed by atoms with Crippen molar-refractivity contribution in [1.82, 2.24) is 0 Å². The van der Waals surface area contributed by atoms with Crippen molar-refractivity contribution in [3.05, 3.63) is 123 Å². The Labute approximate surface area is 305 Å². The Morgan fingerprint density at radius 1 is 0.479 bits per heavy atom. The van der Waals surface area contributed by atoms with Crippen LogP contribution in [0.5, 0.6) is 11.5 Å². The van der Waals surface area contributed by atoms with Gasteiger partial charge >= 0.3 is 23.9 Å². The predicted octanol–water partition coefficient (Wildman–Crippen LogP) is 10.1. The molecule has 0 saturated carbocycles. The third-order valence-corrected chi connectivity index (χ3v) is 8.66. The van der Waals surface area contributed by atoms with Crippen molar-refractivity contribution in [2.24, 2.45) is 0 Å². The highest BCUT2D eigenvalue weighted by Gasteiger charge is 2.32. The largest absolute Gasteiger partial charge is 0.457 e. The Hall–Kier alpha value is -3.50. The van der Waals surface area contributed by atoms with Crippen molar-refractivity contribution in [1.29, 1.82) is 0 Å². The van der Waals surface area contributed by atoms with Crippen LogP contribution in [0, 0.1) is 27.7 Å². The van der Waals surface area contributed by atoms with Gasteiger partial charge in [0.25, 0.3) is 0 Å². The minimum Gasteiger partial charge on any atom is -0.457 e. The van der Waals surface area contributed by atoms with Crippen LogP contribution in [0.3, 0.4) is 0 Å². The number of benzene rings is 4. The highest BCUT2D eigenvalue weighted by atomic mass is 35.5. The molecule has 0 heterocycles. The van der Waals surface area contributed by atoms with Gasteiger partial charge in [-0.05, 0) is 51.0 Å². The first-order valence-electron chi connectivity index (χ1n) is 13.8. The first kappa shape index (κ1) is 37.3. The van der Waals surface area contributed by atoms with E-state index in [1.54, 1.807) is 0 Å². The lowest BCUT2D eigenvalue weighted by Gasteiger charge is -2.16. The third-order valence-electron chi connectivity index (χ3n) is 6.52. The van der Waals surface area contributed by atoms with Gasteiger partial charge < -0.3 is 18.9 Å². The monoisotopic (exact) mass is 770 g/mol. The van der Waals surface area contributed by atoms with E-state index < -0.39 is 46.5 Å². The molecule has 0 aromatic heterocycles. The number of rotatable bonds is 8. The van der Waals surface area contributed by atoms with Crippen LogP contribution in [-0.4, -0.2) is 23.9 Å². The molecule has 250 valence electrons. The summed E-state index contributed by atoms with van der Waals surface area (Å²) in [6.45, 7) is 7.18. The first-order chi connectivity index (χ1) is 22.5. The molecule has 0 amide bonds. The van der Waals surface area contributed by atoms with E-state index in [-0.39, 0.29) is 43.3 Å². The number of aryl methyl sites for hydroxylation is 4. The minimum atomic E-state index is -1.68. The highest BCUT2D eigenvalue weighted by molar-refractivity contribution is 6.47. The summed E-state index contributed by atoms with van der Waals surface area (Å²) in [7, 11) is 0. The summed E-state index contributed by atoms with van der Waals surface area (Å²) < 4.78 is 21.1. The van der Waals surface area contributed by atoms with Crippen molar-refractivity contribution < 1.29 is 38.1 Å². The van der Waals surface area contributed by atoms with Crippen molar-refractivity contribution >= 4 is 93.5 Å². The highest BCUT2D eigenvalue weighted by Crippen LogP contribution is 2.42. The van der Waals surface area contributed by atoms with E-state index in [1.807, 2.05) is 64.1 Å². The fourth-order valence-electron chi connectivity index (χ4n) is 4.74. The van der Waals surface area contributed by atoms with Crippen LogP contribution in [0.25, 0.3) is 0 Å². The zero-order valence-corrected chi connectivity index (χ0v) is 30.1. The molecule has 0 spiro atoms. The third kappa shape index (κ3) is 8.94. The zero-order valence-electron chi connectivity index (χ0n) is 25.6. The van der Waals surface area contributed by atoms with E-state index in [4.69, 9.17) is 88.6 Å². The van der Waals surface area contributed by atoms with Crippen LogP contribution in [0.15, 0.2) is 48.5 Å². The summed E-state index contributed by atoms with van der Waals surface area (Å²) in [6, 6.07) is 13.3. The topological polar surface area (TPSA) is 105 Å². The predicted molar refractivity (Wildman–Crippen MR) is 184 cm³/mol. The van der Waals surface area contributed by atoms with Gasteiger partial charge in [0.15, 0.2) is 11.5 Å². The molecule has 14 heteroatoms. The Bertz CT molecular complexity index is 1790. The Kier molecular flexibility index (Phi) is 12.3. The fraction of sp³-hybridized carbons (Fsp3) is 0.176. The van der Waals surface area contributed by atoms with Gasteiger partial charge in [-0.25, -0.2) is 19.2 Å². The molecule has 0 aliphatic rings. The first-order valence-corrected chi connectivity index (χ1v) is 16.1. The van der Waals surface area contributed by atoms with Crippen molar-refractivity contribution in [3.63, 3.8) is 0 Å². The van der Waals surface area contributed by atoms with Crippen molar-refractivity contribution in [2.75, 3.05) is 0 Å². The lowest BCUT2D eigenvalue weighted by atomic mass is 10.1. The number of hydrogen-bond acceptors (Lipinski definition) is 8. The quantitative estimate of drug-likeness (QED) is 0.0755. The van der Waals surface area contributed by atoms with Gasteiger partial charge in [-0.2, -0.15) is 0 Å². The van der Waals surface area contributed by atoms with E-state index in [2.05, 4.69) is 0 Å². The molecule has 4 aromatic rings. The van der Waals surface area contributed by atoms with Crippen LogP contribution in [0.2, 0.25) is 30.1 Å². The van der Waals surface area contributed by atoms with Gasteiger partial charge in [-0.3, -0.25) is 0 Å². The maximum absolute atomic E-state index is 13.2. The number of carbonyl (C=O) groups excluding carboxylic acids is 4. The van der Waals surface area contributed by atoms with E-state index in [9.17, 15) is 19.2 Å². The van der Waals surface area contributed by atoms with E-state index in [1.165, 1.54) is 0 Å². The molecule has 0 aliphatic carbocycles. The molecule has 0 radical (unpaired) electrons. The standard InChI is InChI=1S/C34H24Cl6O8/c1-15-5-16(2)8-19(7-15)13-45-31(41)25-27(39)21(35)11-23(37)29(25)47-33(43)34(44)48-30-24(38)12-22(36)28(40)26(30)32(42)46-14-20-9-17(3)6-18(4)10-20/h5-12H,13-14H2,1-4H3. The second-order valence-corrected chi connectivity index (χ2v) is 13.0. The summed E-state index contributed by atoms with van der Waals surface area (Å²) in [5.41, 5.74) is 4.07. The van der Waals surface area contributed by atoms with Gasteiger partial charge in [0, 0.05) is 0 Å². The fourth-order valence-corrected chi connectivity index (χ4v) is 6.18. The maximum Gasteiger partial charge on any atom is 0.423 e. The molecule has 0 atom stereocenters. The smallest absolute Gasteiger partial charge is 0.423 e. The number of ether oxygens (including phenoxy) is 4. The van der Waals surface area contributed by atoms with Gasteiger partial charge in [-0.15, -0.1) is 0 Å². The molecule has 4 aromatic carbocycles. The van der Waals surface area contributed by atoms with Crippen LogP contribution in [0.1, 0.15) is 54.1 Å². The molecule has 0 N–H and O–H groups in total. The van der Waals surface area contributed by atoms with Crippen molar-refractivity contribution in [3.8, 4) is 11.5 Å². The summed E-state index contributed by atoms with van der Waals surface area (Å²) in [5.74, 6) is -6.74. The minimum absolute atomic E-state index is 0.158. The molecular weight excluding hydrogens is 749 g/mol. The van der Waals surface area contributed by atoms with Crippen LogP contribution in [0.4, 0.5) is 0 Å². The maximum atomic E-state index is 13.2. The molecule has 4 rings (SSSR count). The average molecular weight is 773 g/mol. The lowest BCUT2D eigenvalue weighted by Crippen LogP contribution is -2.27. The normalized spacial score (nSPS) is 10.8. The average Bonchev–Trinajstić information content (AvgIpc) is 2.99. The van der Waals surface area contributed by atoms with E-state index >= 15 is 0 Å². The SMILES string of the molecule is Cc1cc(C)cc(COC(=O)c2c(Cl)c(Cl)cc(Cl)c2OC(=O)C(=O)Oc2c(Cl)cc(Cl)c(Cl)c2C(=O)OCc2cc(C)cc(C)c2)c1. The molecule has 0 bridgehead atoms. The molecular formula is C34H24Cl6O8. The zero-order chi connectivity index (χ0) is 35.4. The molecule has 48 heavy (non-hydrogen) atoms. The van der Waals surface area contributed by atoms with Crippen molar-refractivity contribution in [2.45, 2.75) is 40.9 Å². The molecule has 0 aliphatic heterocycles. The molecule has 0 fully saturated rings. The second kappa shape index (κ2) is 15.8. The summed E-state index contributed by atoms with van der Waals surface area (Å²) in [6.07, 6.45) is 0. The van der Waals surface area contributed by atoms with Crippen LogP contribution < -0.4 is 9.47 Å². The molecule has 0 saturated heterocycles.